The highest BCUT2D eigenvalue weighted by Crippen LogP contribution is 2.34. The molecule has 2 aliphatic heterocycles. The summed E-state index contributed by atoms with van der Waals surface area (Å²) >= 11 is 0. The average Bonchev–Trinajstić information content (AvgIpc) is 2.82. The number of hydrogen-bond donors (Lipinski definition) is 2. The van der Waals surface area contributed by atoms with Gasteiger partial charge in [0.05, 0.1) is 18.2 Å². The Balaban J connectivity index is 0.00000108. The zero-order valence-electron chi connectivity index (χ0n) is 10.3. The van der Waals surface area contributed by atoms with Crippen molar-refractivity contribution >= 4 is 29.9 Å². The van der Waals surface area contributed by atoms with Crippen LogP contribution in [0.25, 0.3) is 0 Å². The molecule has 0 aromatic carbocycles. The fourth-order valence-electron chi connectivity index (χ4n) is 2.88. The van der Waals surface area contributed by atoms with E-state index in [1.165, 1.54) is 32.1 Å². The quantitative estimate of drug-likeness (QED) is 0.452. The molecule has 1 saturated carbocycles. The second-order valence-corrected chi connectivity index (χ2v) is 5.20. The molecule has 0 aromatic heterocycles. The summed E-state index contributed by atoms with van der Waals surface area (Å²) in [6.07, 6.45) is 8.46. The fourth-order valence-corrected chi connectivity index (χ4v) is 2.88. The van der Waals surface area contributed by atoms with Gasteiger partial charge >= 0.3 is 0 Å². The largest absolute Gasteiger partial charge is 0.373 e. The summed E-state index contributed by atoms with van der Waals surface area (Å²) in [5.41, 5.74) is 0. The van der Waals surface area contributed by atoms with Gasteiger partial charge in [-0.05, 0) is 38.5 Å². The zero-order valence-corrected chi connectivity index (χ0v) is 12.6. The molecule has 5 heteroatoms. The summed E-state index contributed by atoms with van der Waals surface area (Å²) in [5.74, 6) is 0.964. The molecule has 4 nitrogen and oxygen atoms in total. The molecule has 3 fully saturated rings. The molecular formula is C12H22IN3O. The lowest BCUT2D eigenvalue weighted by Crippen LogP contribution is -2.51. The summed E-state index contributed by atoms with van der Waals surface area (Å²) in [6, 6.07) is 1.12. The van der Waals surface area contributed by atoms with E-state index in [9.17, 15) is 0 Å². The first kappa shape index (κ1) is 13.4. The van der Waals surface area contributed by atoms with Crippen molar-refractivity contribution in [2.24, 2.45) is 4.99 Å². The molecule has 0 amide bonds. The van der Waals surface area contributed by atoms with E-state index < -0.39 is 0 Å². The maximum absolute atomic E-state index is 5.83. The van der Waals surface area contributed by atoms with Crippen LogP contribution in [0.5, 0.6) is 0 Å². The van der Waals surface area contributed by atoms with E-state index in [1.807, 2.05) is 7.05 Å². The number of ether oxygens (including phenoxy) is 1. The number of aliphatic imine (C=N–C) groups is 1. The van der Waals surface area contributed by atoms with Crippen LogP contribution in [0.15, 0.2) is 4.99 Å². The number of nitrogens with one attached hydrogen (secondary N) is 2. The molecule has 3 atom stereocenters. The minimum Gasteiger partial charge on any atom is -0.373 e. The van der Waals surface area contributed by atoms with Gasteiger partial charge in [-0.15, -0.1) is 24.0 Å². The van der Waals surface area contributed by atoms with Gasteiger partial charge in [0.15, 0.2) is 5.96 Å². The molecule has 17 heavy (non-hydrogen) atoms. The Morgan fingerprint density at radius 2 is 2.00 bits per heavy atom. The number of nitrogens with zero attached hydrogens (tertiary/aromatic N) is 1. The first-order valence-corrected chi connectivity index (χ1v) is 6.50. The lowest BCUT2D eigenvalue weighted by atomic mass is 9.93. The normalized spacial score (nSPS) is 36.3. The van der Waals surface area contributed by atoms with E-state index in [-0.39, 0.29) is 24.0 Å². The second-order valence-electron chi connectivity index (χ2n) is 5.20. The lowest BCUT2D eigenvalue weighted by molar-refractivity contribution is 0.0991. The van der Waals surface area contributed by atoms with Crippen LogP contribution < -0.4 is 10.6 Å². The Bertz CT molecular complexity index is 293. The van der Waals surface area contributed by atoms with Crippen LogP contribution in [-0.4, -0.2) is 37.3 Å². The molecule has 2 N–H and O–H groups in total. The van der Waals surface area contributed by atoms with E-state index in [2.05, 4.69) is 15.6 Å². The van der Waals surface area contributed by atoms with Gasteiger partial charge < -0.3 is 15.4 Å². The first-order chi connectivity index (χ1) is 7.85. The van der Waals surface area contributed by atoms with Crippen molar-refractivity contribution in [1.82, 2.24) is 10.6 Å². The third kappa shape index (κ3) is 2.86. The number of halogens is 1. The molecule has 1 aliphatic carbocycles. The van der Waals surface area contributed by atoms with Crippen molar-refractivity contribution in [3.05, 3.63) is 0 Å². The summed E-state index contributed by atoms with van der Waals surface area (Å²) in [7, 11) is 1.85. The van der Waals surface area contributed by atoms with Gasteiger partial charge in [0.25, 0.3) is 0 Å². The predicted octanol–water partition coefficient (Wildman–Crippen LogP) is 1.64. The maximum Gasteiger partial charge on any atom is 0.191 e. The fraction of sp³-hybridized carbons (Fsp3) is 0.917. The molecule has 2 saturated heterocycles. The highest BCUT2D eigenvalue weighted by molar-refractivity contribution is 14.0. The lowest BCUT2D eigenvalue weighted by Gasteiger charge is -2.30. The minimum atomic E-state index is 0. The van der Waals surface area contributed by atoms with Gasteiger partial charge in [-0.3, -0.25) is 4.99 Å². The van der Waals surface area contributed by atoms with Crippen LogP contribution >= 0.6 is 24.0 Å². The highest BCUT2D eigenvalue weighted by Gasteiger charge is 2.41. The second kappa shape index (κ2) is 5.73. The van der Waals surface area contributed by atoms with Crippen molar-refractivity contribution in [2.75, 3.05) is 7.05 Å². The van der Waals surface area contributed by atoms with Crippen molar-refractivity contribution < 1.29 is 4.74 Å². The number of hydrogen-bond acceptors (Lipinski definition) is 2. The molecule has 0 spiro atoms. The van der Waals surface area contributed by atoms with Crippen molar-refractivity contribution in [3.63, 3.8) is 0 Å². The summed E-state index contributed by atoms with van der Waals surface area (Å²) in [4.78, 5) is 4.30. The van der Waals surface area contributed by atoms with Gasteiger partial charge in [-0.25, -0.2) is 0 Å². The van der Waals surface area contributed by atoms with E-state index in [1.54, 1.807) is 0 Å². The molecule has 3 unspecified atom stereocenters. The van der Waals surface area contributed by atoms with Gasteiger partial charge in [-0.1, -0.05) is 0 Å². The van der Waals surface area contributed by atoms with E-state index in [0.717, 1.165) is 12.4 Å². The first-order valence-electron chi connectivity index (χ1n) is 6.50. The smallest absolute Gasteiger partial charge is 0.191 e. The number of guanidine groups is 1. The molecule has 3 aliphatic rings. The van der Waals surface area contributed by atoms with Gasteiger partial charge in [0, 0.05) is 13.1 Å². The van der Waals surface area contributed by atoms with Crippen LogP contribution in [0.1, 0.15) is 38.5 Å². The van der Waals surface area contributed by atoms with Gasteiger partial charge in [0.2, 0.25) is 0 Å². The van der Waals surface area contributed by atoms with Crippen LogP contribution in [0.2, 0.25) is 0 Å². The molecule has 2 heterocycles. The van der Waals surface area contributed by atoms with Crippen LogP contribution in [0.4, 0.5) is 0 Å². The average molecular weight is 351 g/mol. The molecule has 0 aromatic rings. The number of fused-ring (bicyclic) bond motifs is 2. The van der Waals surface area contributed by atoms with Crippen molar-refractivity contribution in [2.45, 2.75) is 62.8 Å². The predicted molar refractivity (Wildman–Crippen MR) is 79.0 cm³/mol. The van der Waals surface area contributed by atoms with Crippen molar-refractivity contribution in [1.29, 1.82) is 0 Å². The SMILES string of the molecule is CN=C(NC1CCC1)NC1CC2CCC1O2.I. The van der Waals surface area contributed by atoms with E-state index in [0.29, 0.717) is 24.3 Å². The van der Waals surface area contributed by atoms with Crippen molar-refractivity contribution in [3.8, 4) is 0 Å². The zero-order chi connectivity index (χ0) is 11.0. The van der Waals surface area contributed by atoms with Crippen LogP contribution in [0.3, 0.4) is 0 Å². The summed E-state index contributed by atoms with van der Waals surface area (Å²) in [5, 5.41) is 6.98. The minimum absolute atomic E-state index is 0. The number of rotatable bonds is 2. The Kier molecular flexibility index (Phi) is 4.52. The third-order valence-corrected chi connectivity index (χ3v) is 4.10. The Hall–Kier alpha value is -0.0400. The Morgan fingerprint density at radius 3 is 2.47 bits per heavy atom. The summed E-state index contributed by atoms with van der Waals surface area (Å²) in [6.45, 7) is 0. The van der Waals surface area contributed by atoms with E-state index >= 15 is 0 Å². The standard InChI is InChI=1S/C12H21N3O.HI/c1-13-12(14-8-3-2-4-8)15-10-7-9-5-6-11(10)16-9;/h8-11H,2-7H2,1H3,(H2,13,14,15);1H. The van der Waals surface area contributed by atoms with Crippen LogP contribution in [-0.2, 0) is 4.74 Å². The van der Waals surface area contributed by atoms with Gasteiger partial charge in [-0.2, -0.15) is 0 Å². The molecule has 98 valence electrons. The Labute approximate surface area is 120 Å². The van der Waals surface area contributed by atoms with Gasteiger partial charge in [0.1, 0.15) is 0 Å². The molecular weight excluding hydrogens is 329 g/mol. The van der Waals surface area contributed by atoms with Crippen LogP contribution in [0, 0.1) is 0 Å². The maximum atomic E-state index is 5.83. The van der Waals surface area contributed by atoms with E-state index in [4.69, 9.17) is 4.74 Å². The highest BCUT2D eigenvalue weighted by atomic mass is 127. The molecule has 0 radical (unpaired) electrons. The third-order valence-electron chi connectivity index (χ3n) is 4.10. The topological polar surface area (TPSA) is 45.7 Å². The molecule has 3 rings (SSSR count). The monoisotopic (exact) mass is 351 g/mol. The summed E-state index contributed by atoms with van der Waals surface area (Å²) < 4.78 is 5.83. The molecule has 2 bridgehead atoms. The Morgan fingerprint density at radius 1 is 1.18 bits per heavy atom.